The molecule has 5 nitrogen and oxygen atoms in total. The Morgan fingerprint density at radius 3 is 2.54 bits per heavy atom. The number of hydrogen-bond donors (Lipinski definition) is 0. The van der Waals surface area contributed by atoms with Gasteiger partial charge in [0.15, 0.2) is 5.78 Å². The third-order valence-electron chi connectivity index (χ3n) is 4.07. The van der Waals surface area contributed by atoms with Crippen molar-refractivity contribution in [1.82, 2.24) is 14.8 Å². The van der Waals surface area contributed by atoms with Crippen LogP contribution in [0.3, 0.4) is 0 Å². The van der Waals surface area contributed by atoms with Gasteiger partial charge in [0.2, 0.25) is 0 Å². The number of nitrogens with zero attached hydrogens (tertiary/aromatic N) is 3. The second kappa shape index (κ2) is 9.15. The van der Waals surface area contributed by atoms with Gasteiger partial charge in [0, 0.05) is 10.6 Å². The molecular weight excluding hydrogens is 350 g/mol. The average Bonchev–Trinajstić information content (AvgIpc) is 3.21. The Bertz CT molecular complexity index is 805. The highest BCUT2D eigenvalue weighted by Gasteiger charge is 2.22. The molecule has 0 amide bonds. The van der Waals surface area contributed by atoms with Gasteiger partial charge >= 0.3 is 0 Å². The number of ether oxygens (including phenoxy) is 1. The lowest BCUT2D eigenvalue weighted by Crippen LogP contribution is -2.20. The van der Waals surface area contributed by atoms with Crippen LogP contribution in [0.4, 0.5) is 0 Å². The number of Topliss-reactive ketones (excluding diaryl/α,β-unsaturated/α-hetero) is 1. The highest BCUT2D eigenvalue weighted by atomic mass is 35.5. The van der Waals surface area contributed by atoms with Gasteiger partial charge in [0.05, 0.1) is 6.61 Å². The SMILES string of the molecule is O=C(c1ccccc1)C(CCCCOc1ccc(Cl)cc1)n1cncn1. The Morgan fingerprint density at radius 1 is 1.08 bits per heavy atom. The molecule has 0 aliphatic carbocycles. The molecule has 0 spiro atoms. The van der Waals surface area contributed by atoms with Gasteiger partial charge in [-0.3, -0.25) is 4.79 Å². The van der Waals surface area contributed by atoms with Crippen molar-refractivity contribution in [3.05, 3.63) is 77.8 Å². The number of unbranched alkanes of at least 4 members (excludes halogenated alkanes) is 1. The molecule has 1 atom stereocenters. The minimum atomic E-state index is -0.351. The summed E-state index contributed by atoms with van der Waals surface area (Å²) in [6.07, 6.45) is 5.41. The lowest BCUT2D eigenvalue weighted by atomic mass is 9.99. The second-order valence-electron chi connectivity index (χ2n) is 5.92. The Hall–Kier alpha value is -2.66. The highest BCUT2D eigenvalue weighted by molar-refractivity contribution is 6.30. The van der Waals surface area contributed by atoms with Crippen LogP contribution < -0.4 is 4.74 Å². The summed E-state index contributed by atoms with van der Waals surface area (Å²) in [7, 11) is 0. The van der Waals surface area contributed by atoms with Gasteiger partial charge < -0.3 is 4.74 Å². The van der Waals surface area contributed by atoms with Crippen LogP contribution in [0, 0.1) is 0 Å². The summed E-state index contributed by atoms with van der Waals surface area (Å²) in [6, 6.07) is 16.2. The number of benzene rings is 2. The zero-order valence-corrected chi connectivity index (χ0v) is 15.0. The number of halogens is 1. The van der Waals surface area contributed by atoms with Gasteiger partial charge in [-0.15, -0.1) is 0 Å². The van der Waals surface area contributed by atoms with Crippen LogP contribution >= 0.6 is 11.6 Å². The monoisotopic (exact) mass is 369 g/mol. The van der Waals surface area contributed by atoms with E-state index in [-0.39, 0.29) is 11.8 Å². The van der Waals surface area contributed by atoms with E-state index in [0.29, 0.717) is 23.6 Å². The topological polar surface area (TPSA) is 57.0 Å². The van der Waals surface area contributed by atoms with E-state index in [2.05, 4.69) is 10.1 Å². The number of carbonyl (C=O) groups excluding carboxylic acids is 1. The van der Waals surface area contributed by atoms with Gasteiger partial charge in [-0.25, -0.2) is 9.67 Å². The molecule has 1 unspecified atom stereocenters. The fourth-order valence-electron chi connectivity index (χ4n) is 2.72. The number of carbonyl (C=O) groups is 1. The molecule has 0 saturated heterocycles. The van der Waals surface area contributed by atoms with Crippen LogP contribution in [0.5, 0.6) is 5.75 Å². The number of hydrogen-bond acceptors (Lipinski definition) is 4. The molecule has 0 saturated carbocycles. The summed E-state index contributed by atoms with van der Waals surface area (Å²) >= 11 is 5.86. The lowest BCUT2D eigenvalue weighted by molar-refractivity contribution is 0.0907. The Morgan fingerprint density at radius 2 is 1.85 bits per heavy atom. The first-order valence-electron chi connectivity index (χ1n) is 8.56. The molecule has 0 N–H and O–H groups in total. The van der Waals surface area contributed by atoms with E-state index in [9.17, 15) is 4.79 Å². The maximum Gasteiger partial charge on any atom is 0.187 e. The molecule has 0 radical (unpaired) electrons. The largest absolute Gasteiger partial charge is 0.494 e. The summed E-state index contributed by atoms with van der Waals surface area (Å²) in [5, 5.41) is 4.85. The zero-order valence-electron chi connectivity index (χ0n) is 14.3. The van der Waals surface area contributed by atoms with Crippen LogP contribution in [0.1, 0.15) is 35.7 Å². The predicted molar refractivity (Wildman–Crippen MR) is 101 cm³/mol. The van der Waals surface area contributed by atoms with Crippen molar-refractivity contribution in [2.45, 2.75) is 25.3 Å². The molecular formula is C20H20ClN3O2. The molecule has 1 aromatic heterocycles. The predicted octanol–water partition coefficient (Wildman–Crippen LogP) is 4.60. The zero-order chi connectivity index (χ0) is 18.2. The summed E-state index contributed by atoms with van der Waals surface area (Å²) in [5.74, 6) is 0.845. The van der Waals surface area contributed by atoms with E-state index in [4.69, 9.17) is 16.3 Å². The maximum atomic E-state index is 12.8. The summed E-state index contributed by atoms with van der Waals surface area (Å²) in [6.45, 7) is 0.589. The summed E-state index contributed by atoms with van der Waals surface area (Å²) in [5.41, 5.74) is 0.686. The van der Waals surface area contributed by atoms with Gasteiger partial charge in [-0.1, -0.05) is 41.9 Å². The van der Waals surface area contributed by atoms with Crippen molar-refractivity contribution in [3.8, 4) is 5.75 Å². The van der Waals surface area contributed by atoms with Gasteiger partial charge in [0.25, 0.3) is 0 Å². The molecule has 0 fully saturated rings. The maximum absolute atomic E-state index is 12.8. The van der Waals surface area contributed by atoms with Crippen molar-refractivity contribution in [3.63, 3.8) is 0 Å². The quantitative estimate of drug-likeness (QED) is 0.408. The first-order valence-corrected chi connectivity index (χ1v) is 8.93. The van der Waals surface area contributed by atoms with E-state index >= 15 is 0 Å². The first-order chi connectivity index (χ1) is 12.7. The minimum Gasteiger partial charge on any atom is -0.494 e. The van der Waals surface area contributed by atoms with Crippen LogP contribution in [0.2, 0.25) is 5.02 Å². The van der Waals surface area contributed by atoms with Crippen molar-refractivity contribution in [1.29, 1.82) is 0 Å². The van der Waals surface area contributed by atoms with E-state index in [1.807, 2.05) is 42.5 Å². The molecule has 6 heteroatoms. The van der Waals surface area contributed by atoms with E-state index < -0.39 is 0 Å². The standard InChI is InChI=1S/C20H20ClN3O2/c21-17-9-11-18(12-10-17)26-13-5-4-8-19(24-15-22-14-23-24)20(25)16-6-2-1-3-7-16/h1-3,6-7,9-12,14-15,19H,4-5,8,13H2. The third-order valence-corrected chi connectivity index (χ3v) is 4.32. The number of aromatic nitrogens is 3. The van der Waals surface area contributed by atoms with Crippen molar-refractivity contribution in [2.75, 3.05) is 6.61 Å². The number of ketones is 1. The van der Waals surface area contributed by atoms with Crippen molar-refractivity contribution in [2.24, 2.45) is 0 Å². The minimum absolute atomic E-state index is 0.0507. The summed E-state index contributed by atoms with van der Waals surface area (Å²) < 4.78 is 7.33. The highest BCUT2D eigenvalue weighted by Crippen LogP contribution is 2.20. The van der Waals surface area contributed by atoms with Crippen LogP contribution in [0.25, 0.3) is 0 Å². The van der Waals surface area contributed by atoms with Crippen LogP contribution in [-0.2, 0) is 0 Å². The molecule has 0 aliphatic heterocycles. The second-order valence-corrected chi connectivity index (χ2v) is 6.36. The third kappa shape index (κ3) is 4.92. The molecule has 3 rings (SSSR count). The van der Waals surface area contributed by atoms with Gasteiger partial charge in [-0.05, 0) is 43.5 Å². The van der Waals surface area contributed by atoms with E-state index in [1.54, 1.807) is 23.1 Å². The van der Waals surface area contributed by atoms with Crippen LogP contribution in [0.15, 0.2) is 67.3 Å². The van der Waals surface area contributed by atoms with Crippen molar-refractivity contribution >= 4 is 17.4 Å². The molecule has 1 heterocycles. The molecule has 3 aromatic rings. The smallest absolute Gasteiger partial charge is 0.187 e. The molecule has 0 aliphatic rings. The van der Waals surface area contributed by atoms with Gasteiger partial charge in [0.1, 0.15) is 24.4 Å². The molecule has 2 aromatic carbocycles. The summed E-state index contributed by atoms with van der Waals surface area (Å²) in [4.78, 5) is 16.8. The fraction of sp³-hybridized carbons (Fsp3) is 0.250. The molecule has 0 bridgehead atoms. The Balaban J connectivity index is 1.53. The normalized spacial score (nSPS) is 11.9. The average molecular weight is 370 g/mol. The fourth-order valence-corrected chi connectivity index (χ4v) is 2.84. The van der Waals surface area contributed by atoms with E-state index in [1.165, 1.54) is 6.33 Å². The van der Waals surface area contributed by atoms with Gasteiger partial charge in [-0.2, -0.15) is 5.10 Å². The number of rotatable bonds is 9. The van der Waals surface area contributed by atoms with Crippen LogP contribution in [-0.4, -0.2) is 27.2 Å². The molecule has 134 valence electrons. The van der Waals surface area contributed by atoms with E-state index in [0.717, 1.165) is 18.6 Å². The molecule has 26 heavy (non-hydrogen) atoms. The Labute approximate surface area is 157 Å². The Kier molecular flexibility index (Phi) is 6.39. The lowest BCUT2D eigenvalue weighted by Gasteiger charge is -2.16. The van der Waals surface area contributed by atoms with Crippen molar-refractivity contribution < 1.29 is 9.53 Å². The first kappa shape index (κ1) is 18.1.